The number of carbonyl (C=O) groups is 1. The summed E-state index contributed by atoms with van der Waals surface area (Å²) in [5.41, 5.74) is 6.66. The molecular weight excluding hydrogens is 545 g/mol. The Morgan fingerprint density at radius 3 is 2.45 bits per heavy atom. The molecule has 0 bridgehead atoms. The van der Waals surface area contributed by atoms with Gasteiger partial charge in [0.2, 0.25) is 17.7 Å². The standard InChI is InChI=1S/C27H23F3N6O3S/c1-26(31,13-16-6-4-3-5-7-16)25-35-34-23(39-25)18-10-17(22-32-8-9-38-22)11-19(12-18)24(37)36(2)14-21-33-20(15-40-21)27(28,29)30/h3-12,15H,13-14,31H2,1-2H3/t26-/m1/s1. The second kappa shape index (κ2) is 10.7. The van der Waals surface area contributed by atoms with Crippen molar-refractivity contribution in [3.8, 4) is 22.9 Å². The van der Waals surface area contributed by atoms with Crippen LogP contribution in [-0.2, 0) is 24.7 Å². The van der Waals surface area contributed by atoms with Crippen molar-refractivity contribution in [2.75, 3.05) is 7.05 Å². The Kier molecular flexibility index (Phi) is 7.25. The van der Waals surface area contributed by atoms with Gasteiger partial charge in [0, 0.05) is 29.1 Å². The predicted molar refractivity (Wildman–Crippen MR) is 140 cm³/mol. The van der Waals surface area contributed by atoms with E-state index >= 15 is 0 Å². The zero-order valence-electron chi connectivity index (χ0n) is 21.3. The maximum Gasteiger partial charge on any atom is 0.434 e. The largest absolute Gasteiger partial charge is 0.445 e. The summed E-state index contributed by atoms with van der Waals surface area (Å²) in [5.74, 6) is 0.119. The van der Waals surface area contributed by atoms with Gasteiger partial charge in [-0.3, -0.25) is 4.79 Å². The van der Waals surface area contributed by atoms with Crippen LogP contribution >= 0.6 is 11.3 Å². The van der Waals surface area contributed by atoms with E-state index in [0.717, 1.165) is 22.3 Å². The van der Waals surface area contributed by atoms with Crippen LogP contribution in [0.2, 0.25) is 0 Å². The van der Waals surface area contributed by atoms with Gasteiger partial charge in [-0.2, -0.15) is 13.2 Å². The summed E-state index contributed by atoms with van der Waals surface area (Å²) in [6.07, 6.45) is -1.25. The minimum Gasteiger partial charge on any atom is -0.445 e. The lowest BCUT2D eigenvalue weighted by Gasteiger charge is -2.20. The predicted octanol–water partition coefficient (Wildman–Crippen LogP) is 5.56. The lowest BCUT2D eigenvalue weighted by molar-refractivity contribution is -0.140. The van der Waals surface area contributed by atoms with E-state index in [4.69, 9.17) is 14.6 Å². The normalized spacial score (nSPS) is 13.2. The van der Waals surface area contributed by atoms with Crippen LogP contribution in [0.15, 0.2) is 75.2 Å². The van der Waals surface area contributed by atoms with E-state index in [9.17, 15) is 18.0 Å². The fraction of sp³-hybridized carbons (Fsp3) is 0.222. The van der Waals surface area contributed by atoms with Gasteiger partial charge in [0.15, 0.2) is 5.69 Å². The van der Waals surface area contributed by atoms with Crippen LogP contribution < -0.4 is 5.73 Å². The highest BCUT2D eigenvalue weighted by Gasteiger charge is 2.34. The number of alkyl halides is 3. The van der Waals surface area contributed by atoms with Crippen LogP contribution in [0, 0.1) is 0 Å². The lowest BCUT2D eigenvalue weighted by Crippen LogP contribution is -2.35. The number of oxazole rings is 1. The summed E-state index contributed by atoms with van der Waals surface area (Å²) in [7, 11) is 1.47. The molecule has 1 atom stereocenters. The van der Waals surface area contributed by atoms with E-state index in [2.05, 4.69) is 20.2 Å². The Labute approximate surface area is 230 Å². The summed E-state index contributed by atoms with van der Waals surface area (Å²) in [6.45, 7) is 1.67. The number of benzene rings is 2. The molecule has 1 amide bonds. The van der Waals surface area contributed by atoms with Crippen molar-refractivity contribution < 1.29 is 26.8 Å². The van der Waals surface area contributed by atoms with Gasteiger partial charge in [0.25, 0.3) is 5.91 Å². The van der Waals surface area contributed by atoms with E-state index in [1.54, 1.807) is 25.1 Å². The first-order valence-electron chi connectivity index (χ1n) is 12.0. The zero-order valence-corrected chi connectivity index (χ0v) is 22.2. The Hall–Kier alpha value is -4.36. The van der Waals surface area contributed by atoms with Crippen LogP contribution in [0.5, 0.6) is 0 Å². The van der Waals surface area contributed by atoms with Crippen molar-refractivity contribution in [3.05, 3.63) is 94.1 Å². The average Bonchev–Trinajstić information content (AvgIpc) is 3.70. The topological polar surface area (TPSA) is 124 Å². The highest BCUT2D eigenvalue weighted by molar-refractivity contribution is 7.09. The molecule has 13 heteroatoms. The maximum absolute atomic E-state index is 13.4. The van der Waals surface area contributed by atoms with Gasteiger partial charge < -0.3 is 19.5 Å². The Bertz CT molecular complexity index is 1610. The number of nitrogens with zero attached hydrogens (tertiary/aromatic N) is 5. The van der Waals surface area contributed by atoms with Crippen molar-refractivity contribution in [3.63, 3.8) is 0 Å². The summed E-state index contributed by atoms with van der Waals surface area (Å²) >= 11 is 0.829. The van der Waals surface area contributed by atoms with Crippen molar-refractivity contribution >= 4 is 17.2 Å². The molecule has 0 radical (unpaired) electrons. The molecule has 0 unspecified atom stereocenters. The molecule has 5 rings (SSSR count). The molecule has 40 heavy (non-hydrogen) atoms. The molecule has 0 saturated heterocycles. The van der Waals surface area contributed by atoms with Crippen molar-refractivity contribution in [2.24, 2.45) is 5.73 Å². The quantitative estimate of drug-likeness (QED) is 0.258. The molecule has 2 aromatic carbocycles. The molecule has 0 spiro atoms. The molecule has 0 fully saturated rings. The molecule has 0 aliphatic rings. The molecule has 0 aliphatic heterocycles. The molecule has 5 aromatic rings. The summed E-state index contributed by atoms with van der Waals surface area (Å²) in [4.78, 5) is 22.4. The highest BCUT2D eigenvalue weighted by Crippen LogP contribution is 2.32. The molecular formula is C27H23F3N6O3S. The van der Waals surface area contributed by atoms with Gasteiger partial charge in [0.05, 0.1) is 18.3 Å². The van der Waals surface area contributed by atoms with Gasteiger partial charge in [-0.05, 0) is 37.1 Å². The molecule has 0 saturated carbocycles. The van der Waals surface area contributed by atoms with Gasteiger partial charge in [-0.25, -0.2) is 9.97 Å². The third-order valence-corrected chi connectivity index (χ3v) is 6.83. The van der Waals surface area contributed by atoms with E-state index in [1.807, 2.05) is 30.3 Å². The Morgan fingerprint density at radius 1 is 1.07 bits per heavy atom. The molecule has 3 aromatic heterocycles. The van der Waals surface area contributed by atoms with E-state index < -0.39 is 23.3 Å². The number of carbonyl (C=O) groups excluding carboxylic acids is 1. The van der Waals surface area contributed by atoms with Crippen LogP contribution in [0.4, 0.5) is 13.2 Å². The fourth-order valence-corrected chi connectivity index (χ4v) is 4.89. The third-order valence-electron chi connectivity index (χ3n) is 6.00. The molecule has 2 N–H and O–H groups in total. The minimum absolute atomic E-state index is 0.117. The number of rotatable bonds is 8. The SMILES string of the molecule is CN(Cc1nc(C(F)(F)F)cs1)C(=O)c1cc(-c2ncco2)cc(-c2nnc([C@](C)(N)Cc3ccccc3)o2)c1. The van der Waals surface area contributed by atoms with Gasteiger partial charge in [-0.1, -0.05) is 30.3 Å². The minimum atomic E-state index is -4.56. The first-order valence-corrected chi connectivity index (χ1v) is 12.9. The fourth-order valence-electron chi connectivity index (χ4n) is 4.04. The first kappa shape index (κ1) is 27.2. The van der Waals surface area contributed by atoms with Crippen LogP contribution in [-0.4, -0.2) is 38.0 Å². The zero-order chi connectivity index (χ0) is 28.5. The average molecular weight is 569 g/mol. The monoisotopic (exact) mass is 568 g/mol. The Balaban J connectivity index is 1.44. The molecule has 206 valence electrons. The number of halogens is 3. The van der Waals surface area contributed by atoms with Crippen LogP contribution in [0.3, 0.4) is 0 Å². The van der Waals surface area contributed by atoms with Crippen LogP contribution in [0.1, 0.15) is 39.4 Å². The molecule has 3 heterocycles. The molecule has 9 nitrogen and oxygen atoms in total. The smallest absolute Gasteiger partial charge is 0.434 e. The number of aromatic nitrogens is 4. The third kappa shape index (κ3) is 5.95. The Morgan fingerprint density at radius 2 is 1.80 bits per heavy atom. The summed E-state index contributed by atoms with van der Waals surface area (Å²) < 4.78 is 50.2. The van der Waals surface area contributed by atoms with Gasteiger partial charge >= 0.3 is 6.18 Å². The summed E-state index contributed by atoms with van der Waals surface area (Å²) in [5, 5.41) is 9.40. The van der Waals surface area contributed by atoms with E-state index in [-0.39, 0.29) is 34.8 Å². The van der Waals surface area contributed by atoms with Gasteiger partial charge in [-0.15, -0.1) is 21.5 Å². The molecule has 0 aliphatic carbocycles. The van der Waals surface area contributed by atoms with E-state index in [0.29, 0.717) is 17.5 Å². The number of nitrogens with two attached hydrogens (primary N) is 1. The maximum atomic E-state index is 13.4. The number of hydrogen-bond acceptors (Lipinski definition) is 9. The number of thiazole rings is 1. The van der Waals surface area contributed by atoms with Crippen molar-refractivity contribution in [1.82, 2.24) is 25.1 Å². The number of hydrogen-bond donors (Lipinski definition) is 1. The van der Waals surface area contributed by atoms with E-state index in [1.165, 1.54) is 24.4 Å². The first-order chi connectivity index (χ1) is 19.0. The van der Waals surface area contributed by atoms with Gasteiger partial charge in [0.1, 0.15) is 11.3 Å². The highest BCUT2D eigenvalue weighted by atomic mass is 32.1. The lowest BCUT2D eigenvalue weighted by atomic mass is 9.94. The van der Waals surface area contributed by atoms with Crippen molar-refractivity contribution in [1.29, 1.82) is 0 Å². The van der Waals surface area contributed by atoms with Crippen molar-refractivity contribution in [2.45, 2.75) is 31.6 Å². The van der Waals surface area contributed by atoms with Crippen LogP contribution in [0.25, 0.3) is 22.9 Å². The second-order valence-corrected chi connectivity index (χ2v) is 10.4. The second-order valence-electron chi connectivity index (χ2n) is 9.41. The summed E-state index contributed by atoms with van der Waals surface area (Å²) in [6, 6.07) is 14.4. The number of amides is 1.